The summed E-state index contributed by atoms with van der Waals surface area (Å²) in [7, 11) is 0. The predicted octanol–water partition coefficient (Wildman–Crippen LogP) is 3.01. The predicted molar refractivity (Wildman–Crippen MR) is 145 cm³/mol. The first kappa shape index (κ1) is 23.9. The standard InChI is InChI=1S/C25H20N8O3S2/c26-19-9-18-14(10-27-19)8-15(37-18)11-29-21(34)17-6-7-20-28-12-16(25(36)33(17)20)30-22(35)24-32-31-23(38-24)13-4-2-1-3-5-13/h1-5,8-10,12,17H,6-7,11H2,(H2,26,27)(H,29,34)(H,30,35)/t17-/m0/s1. The zero-order valence-corrected chi connectivity index (χ0v) is 21.4. The van der Waals surface area contributed by atoms with Gasteiger partial charge >= 0.3 is 0 Å². The minimum Gasteiger partial charge on any atom is -0.384 e. The zero-order valence-electron chi connectivity index (χ0n) is 19.7. The molecule has 1 atom stereocenters. The number of aryl methyl sites for hydroxylation is 1. The van der Waals surface area contributed by atoms with Crippen LogP contribution in [0.15, 0.2) is 59.7 Å². The van der Waals surface area contributed by atoms with Crippen LogP contribution in [0.3, 0.4) is 0 Å². The molecule has 0 saturated carbocycles. The van der Waals surface area contributed by atoms with Crippen molar-refractivity contribution in [3.8, 4) is 10.6 Å². The fraction of sp³-hybridized carbons (Fsp3) is 0.160. The molecule has 190 valence electrons. The van der Waals surface area contributed by atoms with Crippen molar-refractivity contribution in [2.24, 2.45) is 0 Å². The molecular weight excluding hydrogens is 524 g/mol. The summed E-state index contributed by atoms with van der Waals surface area (Å²) in [5, 5.41) is 15.2. The Morgan fingerprint density at radius 1 is 1.08 bits per heavy atom. The summed E-state index contributed by atoms with van der Waals surface area (Å²) in [6.45, 7) is 0.309. The molecule has 0 aliphatic carbocycles. The first-order valence-corrected chi connectivity index (χ1v) is 13.3. The van der Waals surface area contributed by atoms with Crippen molar-refractivity contribution in [3.63, 3.8) is 0 Å². The lowest BCUT2D eigenvalue weighted by molar-refractivity contribution is -0.124. The molecule has 0 radical (unpaired) electrons. The van der Waals surface area contributed by atoms with Gasteiger partial charge in [0.1, 0.15) is 28.4 Å². The van der Waals surface area contributed by atoms with E-state index in [1.54, 1.807) is 12.3 Å². The lowest BCUT2D eigenvalue weighted by Crippen LogP contribution is -2.36. The van der Waals surface area contributed by atoms with E-state index >= 15 is 0 Å². The van der Waals surface area contributed by atoms with Gasteiger partial charge < -0.3 is 16.4 Å². The largest absolute Gasteiger partial charge is 0.384 e. The van der Waals surface area contributed by atoms with E-state index in [1.807, 2.05) is 36.4 Å². The van der Waals surface area contributed by atoms with Crippen LogP contribution in [0, 0.1) is 0 Å². The number of nitrogen functional groups attached to an aromatic ring is 1. The second kappa shape index (κ2) is 9.76. The number of aromatic nitrogens is 5. The van der Waals surface area contributed by atoms with Gasteiger partial charge in [-0.1, -0.05) is 41.7 Å². The van der Waals surface area contributed by atoms with Crippen LogP contribution in [0.5, 0.6) is 0 Å². The van der Waals surface area contributed by atoms with E-state index < -0.39 is 17.5 Å². The van der Waals surface area contributed by atoms with Gasteiger partial charge in [0.25, 0.3) is 11.5 Å². The Balaban J connectivity index is 1.17. The average Bonchev–Trinajstić information content (AvgIpc) is 3.67. The number of fused-ring (bicyclic) bond motifs is 2. The Kier molecular flexibility index (Phi) is 6.13. The van der Waals surface area contributed by atoms with Gasteiger partial charge in [-0.05, 0) is 18.6 Å². The molecule has 11 nitrogen and oxygen atoms in total. The number of nitrogens with zero attached hydrogens (tertiary/aromatic N) is 5. The highest BCUT2D eigenvalue weighted by Crippen LogP contribution is 2.28. The van der Waals surface area contributed by atoms with E-state index in [0.29, 0.717) is 36.0 Å². The molecule has 38 heavy (non-hydrogen) atoms. The molecule has 0 unspecified atom stereocenters. The highest BCUT2D eigenvalue weighted by atomic mass is 32.1. The number of benzene rings is 1. The molecule has 13 heteroatoms. The van der Waals surface area contributed by atoms with Crippen molar-refractivity contribution < 1.29 is 9.59 Å². The smallest absolute Gasteiger partial charge is 0.286 e. The van der Waals surface area contributed by atoms with Gasteiger partial charge in [0.05, 0.1) is 12.7 Å². The van der Waals surface area contributed by atoms with Crippen LogP contribution in [-0.4, -0.2) is 36.5 Å². The molecule has 5 aromatic rings. The third kappa shape index (κ3) is 4.53. The molecule has 6 rings (SSSR count). The Morgan fingerprint density at radius 2 is 1.92 bits per heavy atom. The molecule has 2 amide bonds. The number of amides is 2. The Morgan fingerprint density at radius 3 is 2.76 bits per heavy atom. The van der Waals surface area contributed by atoms with Gasteiger partial charge in [0.2, 0.25) is 10.9 Å². The van der Waals surface area contributed by atoms with Crippen LogP contribution in [0.4, 0.5) is 11.5 Å². The fourth-order valence-electron chi connectivity index (χ4n) is 4.31. The van der Waals surface area contributed by atoms with Crippen LogP contribution in [0.1, 0.15) is 33.0 Å². The van der Waals surface area contributed by atoms with E-state index in [4.69, 9.17) is 5.73 Å². The van der Waals surface area contributed by atoms with E-state index in [-0.39, 0.29) is 16.6 Å². The van der Waals surface area contributed by atoms with Gasteiger partial charge in [-0.15, -0.1) is 21.5 Å². The molecule has 4 aromatic heterocycles. The molecular formula is C25H20N8O3S2. The van der Waals surface area contributed by atoms with Crippen LogP contribution >= 0.6 is 22.7 Å². The van der Waals surface area contributed by atoms with E-state index in [9.17, 15) is 14.4 Å². The molecule has 0 bridgehead atoms. The number of hydrogen-bond acceptors (Lipinski definition) is 10. The number of hydrogen-bond donors (Lipinski definition) is 3. The van der Waals surface area contributed by atoms with Crippen molar-refractivity contribution in [3.05, 3.63) is 80.9 Å². The Labute approximate surface area is 223 Å². The summed E-state index contributed by atoms with van der Waals surface area (Å²) in [4.78, 5) is 48.5. The summed E-state index contributed by atoms with van der Waals surface area (Å²) in [5.41, 5.74) is 6.08. The number of carbonyl (C=O) groups is 2. The first-order valence-electron chi connectivity index (χ1n) is 11.7. The number of nitrogens with two attached hydrogens (primary N) is 1. The van der Waals surface area contributed by atoms with Crippen LogP contribution in [0.25, 0.3) is 20.7 Å². The van der Waals surface area contributed by atoms with E-state index in [1.165, 1.54) is 22.1 Å². The summed E-state index contributed by atoms with van der Waals surface area (Å²) in [5.74, 6) is 0.0831. The van der Waals surface area contributed by atoms with Gasteiger partial charge in [0, 0.05) is 33.1 Å². The zero-order chi connectivity index (χ0) is 26.2. The van der Waals surface area contributed by atoms with Crippen LogP contribution < -0.4 is 21.9 Å². The second-order valence-electron chi connectivity index (χ2n) is 8.63. The van der Waals surface area contributed by atoms with Crippen molar-refractivity contribution in [2.75, 3.05) is 11.1 Å². The van der Waals surface area contributed by atoms with Crippen LogP contribution in [-0.2, 0) is 17.8 Å². The molecule has 0 saturated heterocycles. The monoisotopic (exact) mass is 544 g/mol. The third-order valence-corrected chi connectivity index (χ3v) is 8.19. The maximum Gasteiger partial charge on any atom is 0.286 e. The molecule has 0 spiro atoms. The highest BCUT2D eigenvalue weighted by Gasteiger charge is 2.31. The molecule has 1 aliphatic rings. The molecule has 5 heterocycles. The molecule has 1 aliphatic heterocycles. The summed E-state index contributed by atoms with van der Waals surface area (Å²) < 4.78 is 2.34. The van der Waals surface area contributed by atoms with Crippen molar-refractivity contribution in [1.82, 2.24) is 30.0 Å². The van der Waals surface area contributed by atoms with E-state index in [2.05, 4.69) is 30.8 Å². The third-order valence-electron chi connectivity index (χ3n) is 6.12. The topological polar surface area (TPSA) is 158 Å². The molecule has 1 aromatic carbocycles. The minimum atomic E-state index is -0.722. The second-order valence-corrected chi connectivity index (χ2v) is 10.8. The first-order chi connectivity index (χ1) is 18.5. The number of rotatable bonds is 6. The Bertz CT molecular complexity index is 1740. The number of anilines is 2. The summed E-state index contributed by atoms with van der Waals surface area (Å²) in [6.07, 6.45) is 3.94. The highest BCUT2D eigenvalue weighted by molar-refractivity contribution is 7.19. The maximum atomic E-state index is 13.3. The van der Waals surface area contributed by atoms with Gasteiger partial charge in [-0.2, -0.15) is 0 Å². The lowest BCUT2D eigenvalue weighted by atomic mass is 10.2. The fourth-order valence-corrected chi connectivity index (χ4v) is 6.08. The van der Waals surface area contributed by atoms with Gasteiger partial charge in [-0.3, -0.25) is 19.0 Å². The molecule has 4 N–H and O–H groups in total. The normalized spacial score (nSPS) is 14.4. The van der Waals surface area contributed by atoms with Crippen molar-refractivity contribution >= 4 is 56.1 Å². The van der Waals surface area contributed by atoms with Crippen molar-refractivity contribution in [1.29, 1.82) is 0 Å². The average molecular weight is 545 g/mol. The lowest BCUT2D eigenvalue weighted by Gasteiger charge is -2.15. The van der Waals surface area contributed by atoms with E-state index in [0.717, 1.165) is 31.9 Å². The maximum absolute atomic E-state index is 13.3. The number of nitrogens with one attached hydrogen (secondary N) is 2. The summed E-state index contributed by atoms with van der Waals surface area (Å²) >= 11 is 2.64. The number of thiophene rings is 1. The number of pyridine rings is 1. The van der Waals surface area contributed by atoms with Crippen molar-refractivity contribution in [2.45, 2.75) is 25.4 Å². The quantitative estimate of drug-likeness (QED) is 0.294. The minimum absolute atomic E-state index is 0.0236. The van der Waals surface area contributed by atoms with Crippen LogP contribution in [0.2, 0.25) is 0 Å². The number of carbonyl (C=O) groups excluding carboxylic acids is 2. The Hall–Kier alpha value is -4.49. The SMILES string of the molecule is Nc1cc2sc(CNC(=O)[C@@H]3CCc4ncc(NC(=O)c5nnc(-c6ccccc6)s5)c(=O)n43)cc2cn1. The van der Waals surface area contributed by atoms with Gasteiger partial charge in [-0.25, -0.2) is 9.97 Å². The molecule has 0 fully saturated rings. The van der Waals surface area contributed by atoms with Gasteiger partial charge in [0.15, 0.2) is 0 Å². The summed E-state index contributed by atoms with van der Waals surface area (Å²) in [6, 6.07) is 12.4.